The summed E-state index contributed by atoms with van der Waals surface area (Å²) in [6, 6.07) is 5.26. The van der Waals surface area contributed by atoms with E-state index >= 15 is 0 Å². The topological polar surface area (TPSA) is 84.2 Å². The number of nitrogens with zero attached hydrogens (tertiary/aromatic N) is 6. The third-order valence-corrected chi connectivity index (χ3v) is 7.25. The molecule has 172 valence electrons. The molecule has 1 fully saturated rings. The lowest BCUT2D eigenvalue weighted by molar-refractivity contribution is -0.123. The molecule has 4 heterocycles. The zero-order valence-electron chi connectivity index (χ0n) is 18.8. The molecule has 8 nitrogen and oxygen atoms in total. The summed E-state index contributed by atoms with van der Waals surface area (Å²) in [7, 11) is 0. The Labute approximate surface area is 195 Å². The molecule has 0 saturated carbocycles. The Bertz CT molecular complexity index is 1220. The van der Waals surface area contributed by atoms with Crippen LogP contribution >= 0.6 is 11.5 Å². The summed E-state index contributed by atoms with van der Waals surface area (Å²) in [6.45, 7) is 7.31. The summed E-state index contributed by atoms with van der Waals surface area (Å²) in [5.41, 5.74) is 1.25. The van der Waals surface area contributed by atoms with Gasteiger partial charge in [-0.3, -0.25) is 14.5 Å². The molecule has 0 radical (unpaired) electrons. The molecule has 0 bridgehead atoms. The fourth-order valence-corrected chi connectivity index (χ4v) is 5.36. The van der Waals surface area contributed by atoms with Crippen molar-refractivity contribution in [1.29, 1.82) is 0 Å². The molecule has 1 saturated heterocycles. The van der Waals surface area contributed by atoms with Gasteiger partial charge in [0.25, 0.3) is 5.91 Å². The van der Waals surface area contributed by atoms with Crippen LogP contribution in [0.25, 0.3) is 10.8 Å². The van der Waals surface area contributed by atoms with Crippen molar-refractivity contribution < 1.29 is 14.0 Å². The van der Waals surface area contributed by atoms with E-state index in [1.54, 1.807) is 9.80 Å². The second kappa shape index (κ2) is 8.33. The average molecular weight is 469 g/mol. The Hall–Kier alpha value is -3.14. The number of piperidine rings is 1. The van der Waals surface area contributed by atoms with E-state index in [9.17, 15) is 14.0 Å². The number of rotatable bonds is 3. The van der Waals surface area contributed by atoms with E-state index in [2.05, 4.69) is 13.9 Å². The lowest BCUT2D eigenvalue weighted by Gasteiger charge is -2.37. The fraction of sp³-hybridized carbons (Fsp3) is 0.435. The van der Waals surface area contributed by atoms with Gasteiger partial charge in [0.2, 0.25) is 5.91 Å². The van der Waals surface area contributed by atoms with Crippen LogP contribution in [0.1, 0.15) is 54.6 Å². The average Bonchev–Trinajstić information content (AvgIpc) is 3.40. The van der Waals surface area contributed by atoms with Crippen molar-refractivity contribution in [3.63, 3.8) is 0 Å². The van der Waals surface area contributed by atoms with Gasteiger partial charge in [-0.1, -0.05) is 6.92 Å². The van der Waals surface area contributed by atoms with Gasteiger partial charge in [-0.25, -0.2) is 14.4 Å². The first-order chi connectivity index (χ1) is 15.8. The maximum atomic E-state index is 13.4. The van der Waals surface area contributed by atoms with E-state index in [1.807, 2.05) is 20.8 Å². The van der Waals surface area contributed by atoms with Crippen LogP contribution in [0.4, 0.5) is 10.2 Å². The van der Waals surface area contributed by atoms with E-state index in [4.69, 9.17) is 4.98 Å². The standard InChI is InChI=1S/C23H25FN6O2S/c1-13-5-4-10-30(22(13)31)19-18-14(2)28(23(32)16-6-8-17(24)9-7-16)11-12-29(18)20(26-19)21-25-15(3)27-33-21/h6-9,13-14H,4-5,10-12H2,1-3H3/t13?,14-/m1/s1. The lowest BCUT2D eigenvalue weighted by Crippen LogP contribution is -2.44. The Kier molecular flexibility index (Phi) is 5.48. The van der Waals surface area contributed by atoms with Crippen LogP contribution in [0, 0.1) is 18.7 Å². The van der Waals surface area contributed by atoms with Crippen LogP contribution in [0.2, 0.25) is 0 Å². The van der Waals surface area contributed by atoms with Crippen molar-refractivity contribution in [2.75, 3.05) is 18.0 Å². The number of halogens is 1. The van der Waals surface area contributed by atoms with Gasteiger partial charge in [0, 0.05) is 31.1 Å². The summed E-state index contributed by atoms with van der Waals surface area (Å²) in [6.07, 6.45) is 1.76. The van der Waals surface area contributed by atoms with Crippen LogP contribution in [0.5, 0.6) is 0 Å². The third kappa shape index (κ3) is 3.72. The summed E-state index contributed by atoms with van der Waals surface area (Å²) in [4.78, 5) is 39.3. The molecule has 0 aliphatic carbocycles. The van der Waals surface area contributed by atoms with Crippen molar-refractivity contribution in [3.8, 4) is 10.8 Å². The molecule has 1 aromatic carbocycles. The number of carbonyl (C=O) groups excluding carboxylic acids is 2. The summed E-state index contributed by atoms with van der Waals surface area (Å²) < 4.78 is 19.7. The number of aryl methyl sites for hydroxylation is 1. The second-order valence-electron chi connectivity index (χ2n) is 8.66. The monoisotopic (exact) mass is 468 g/mol. The smallest absolute Gasteiger partial charge is 0.254 e. The van der Waals surface area contributed by atoms with Crippen LogP contribution in [0.15, 0.2) is 24.3 Å². The minimum absolute atomic E-state index is 0.0522. The van der Waals surface area contributed by atoms with E-state index in [0.717, 1.165) is 18.5 Å². The predicted molar refractivity (Wildman–Crippen MR) is 122 cm³/mol. The minimum atomic E-state index is -0.381. The SMILES string of the molecule is Cc1nsc(-c2nc(N3CCCC(C)C3=O)c3n2CCN(C(=O)c2ccc(F)cc2)[C@@H]3C)n1. The highest BCUT2D eigenvalue weighted by molar-refractivity contribution is 7.09. The highest BCUT2D eigenvalue weighted by Gasteiger charge is 2.38. The van der Waals surface area contributed by atoms with Crippen molar-refractivity contribution in [1.82, 2.24) is 23.8 Å². The van der Waals surface area contributed by atoms with Gasteiger partial charge in [0.15, 0.2) is 16.6 Å². The van der Waals surface area contributed by atoms with Crippen molar-refractivity contribution >= 4 is 29.2 Å². The number of anilines is 1. The highest BCUT2D eigenvalue weighted by atomic mass is 32.1. The molecule has 2 atom stereocenters. The molecular formula is C23H25FN6O2S. The van der Waals surface area contributed by atoms with Crippen LogP contribution < -0.4 is 4.90 Å². The zero-order valence-corrected chi connectivity index (χ0v) is 19.6. The maximum Gasteiger partial charge on any atom is 0.254 e. The van der Waals surface area contributed by atoms with Gasteiger partial charge in [0.1, 0.15) is 11.6 Å². The molecule has 2 aliphatic heterocycles. The van der Waals surface area contributed by atoms with Crippen LogP contribution in [-0.2, 0) is 11.3 Å². The number of amides is 2. The van der Waals surface area contributed by atoms with Crippen LogP contribution in [0.3, 0.4) is 0 Å². The molecule has 3 aromatic rings. The Morgan fingerprint density at radius 1 is 1.12 bits per heavy atom. The lowest BCUT2D eigenvalue weighted by atomic mass is 9.98. The normalized spacial score (nSPS) is 20.8. The number of carbonyl (C=O) groups is 2. The molecular weight excluding hydrogens is 443 g/mol. The van der Waals surface area contributed by atoms with Gasteiger partial charge in [0.05, 0.1) is 11.7 Å². The van der Waals surface area contributed by atoms with Gasteiger partial charge in [-0.2, -0.15) is 4.37 Å². The summed E-state index contributed by atoms with van der Waals surface area (Å²) >= 11 is 1.28. The number of aromatic nitrogens is 4. The number of benzene rings is 1. The van der Waals surface area contributed by atoms with Gasteiger partial charge < -0.3 is 9.47 Å². The van der Waals surface area contributed by atoms with E-state index < -0.39 is 0 Å². The Morgan fingerprint density at radius 2 is 1.88 bits per heavy atom. The fourth-order valence-electron chi connectivity index (χ4n) is 4.69. The highest BCUT2D eigenvalue weighted by Crippen LogP contribution is 2.39. The predicted octanol–water partition coefficient (Wildman–Crippen LogP) is 3.83. The molecule has 5 rings (SSSR count). The molecule has 10 heteroatoms. The molecule has 1 unspecified atom stereocenters. The Morgan fingerprint density at radius 3 is 2.58 bits per heavy atom. The molecule has 0 N–H and O–H groups in total. The number of imidazole rings is 1. The quantitative estimate of drug-likeness (QED) is 0.583. The number of hydrogen-bond acceptors (Lipinski definition) is 6. The second-order valence-corrected chi connectivity index (χ2v) is 9.41. The Balaban J connectivity index is 1.59. The van der Waals surface area contributed by atoms with E-state index in [-0.39, 0.29) is 29.6 Å². The molecule has 33 heavy (non-hydrogen) atoms. The first-order valence-electron chi connectivity index (χ1n) is 11.1. The minimum Gasteiger partial charge on any atom is -0.328 e. The molecule has 0 spiro atoms. The first-order valence-corrected chi connectivity index (χ1v) is 11.9. The third-order valence-electron chi connectivity index (χ3n) is 6.45. The summed E-state index contributed by atoms with van der Waals surface area (Å²) in [5.74, 6) is 1.38. The molecule has 2 aromatic heterocycles. The van der Waals surface area contributed by atoms with Crippen LogP contribution in [-0.4, -0.2) is 48.7 Å². The maximum absolute atomic E-state index is 13.4. The largest absolute Gasteiger partial charge is 0.328 e. The van der Waals surface area contributed by atoms with E-state index in [1.165, 1.54) is 35.8 Å². The first kappa shape index (κ1) is 21.7. The van der Waals surface area contributed by atoms with Gasteiger partial charge in [-0.15, -0.1) is 0 Å². The summed E-state index contributed by atoms with van der Waals surface area (Å²) in [5, 5.41) is 0.697. The van der Waals surface area contributed by atoms with Gasteiger partial charge >= 0.3 is 0 Å². The molecule has 2 aliphatic rings. The number of hydrogen-bond donors (Lipinski definition) is 0. The van der Waals surface area contributed by atoms with E-state index in [0.29, 0.717) is 47.7 Å². The van der Waals surface area contributed by atoms with Crippen molar-refractivity contribution in [3.05, 3.63) is 47.2 Å². The number of fused-ring (bicyclic) bond motifs is 1. The van der Waals surface area contributed by atoms with Crippen molar-refractivity contribution in [2.24, 2.45) is 5.92 Å². The van der Waals surface area contributed by atoms with Gasteiger partial charge in [-0.05, 0) is 62.5 Å². The molecule has 2 amide bonds. The van der Waals surface area contributed by atoms with Crippen molar-refractivity contribution in [2.45, 2.75) is 46.2 Å². The zero-order chi connectivity index (χ0) is 23.3.